The van der Waals surface area contributed by atoms with Crippen LogP contribution >= 0.6 is 0 Å². The quantitative estimate of drug-likeness (QED) is 0.845. The molecule has 1 nitrogen and oxygen atoms in total. The zero-order valence-corrected chi connectivity index (χ0v) is 10.9. The first kappa shape index (κ1) is 12.0. The van der Waals surface area contributed by atoms with Gasteiger partial charge in [0, 0.05) is 12.5 Å². The van der Waals surface area contributed by atoms with Crippen LogP contribution in [0.15, 0.2) is 29.8 Å². The van der Waals surface area contributed by atoms with E-state index in [1.165, 1.54) is 43.2 Å². The zero-order chi connectivity index (χ0) is 12.4. The first-order chi connectivity index (χ1) is 8.90. The molecule has 0 saturated heterocycles. The van der Waals surface area contributed by atoms with Crippen molar-refractivity contribution in [1.82, 2.24) is 0 Å². The standard InChI is InChI=1S/C17H22O/c18-11-10-16-15-9-5-4-8-14(15)12-17(16)13-6-2-1-3-7-13/h4-5,8-9,12-13,16,18H,1-3,6-7,10-11H2. The van der Waals surface area contributed by atoms with Crippen molar-refractivity contribution < 1.29 is 5.11 Å². The molecule has 96 valence electrons. The largest absolute Gasteiger partial charge is 0.396 e. The summed E-state index contributed by atoms with van der Waals surface area (Å²) in [6.07, 6.45) is 10.2. The molecule has 2 aliphatic rings. The molecular weight excluding hydrogens is 220 g/mol. The smallest absolute Gasteiger partial charge is 0.0439 e. The molecule has 0 aliphatic heterocycles. The Morgan fingerprint density at radius 3 is 2.61 bits per heavy atom. The SMILES string of the molecule is OCCC1C(C2CCCCC2)=Cc2ccccc21. The third kappa shape index (κ3) is 2.12. The van der Waals surface area contributed by atoms with E-state index in [0.717, 1.165) is 12.3 Å². The lowest BCUT2D eigenvalue weighted by atomic mass is 9.78. The fourth-order valence-electron chi connectivity index (χ4n) is 3.71. The molecule has 1 fully saturated rings. The van der Waals surface area contributed by atoms with Gasteiger partial charge in [-0.3, -0.25) is 0 Å². The Labute approximate surface area is 110 Å². The second kappa shape index (κ2) is 5.27. The van der Waals surface area contributed by atoms with Crippen LogP contribution in [0.1, 0.15) is 55.6 Å². The third-order valence-corrected chi connectivity index (χ3v) is 4.59. The average molecular weight is 242 g/mol. The van der Waals surface area contributed by atoms with E-state index >= 15 is 0 Å². The van der Waals surface area contributed by atoms with Gasteiger partial charge in [-0.15, -0.1) is 0 Å². The Kier molecular flexibility index (Phi) is 3.51. The van der Waals surface area contributed by atoms with E-state index in [1.807, 2.05) is 0 Å². The van der Waals surface area contributed by atoms with Gasteiger partial charge < -0.3 is 5.11 Å². The van der Waals surface area contributed by atoms with Gasteiger partial charge in [-0.1, -0.05) is 55.2 Å². The lowest BCUT2D eigenvalue weighted by Crippen LogP contribution is -2.14. The number of aliphatic hydroxyl groups is 1. The van der Waals surface area contributed by atoms with E-state index in [9.17, 15) is 5.11 Å². The molecule has 2 aliphatic carbocycles. The number of aliphatic hydroxyl groups excluding tert-OH is 1. The minimum atomic E-state index is 0.295. The highest BCUT2D eigenvalue weighted by Gasteiger charge is 2.30. The zero-order valence-electron chi connectivity index (χ0n) is 10.9. The predicted molar refractivity (Wildman–Crippen MR) is 75.4 cm³/mol. The molecule has 1 atom stereocenters. The van der Waals surface area contributed by atoms with Crippen LogP contribution in [0.5, 0.6) is 0 Å². The van der Waals surface area contributed by atoms with Gasteiger partial charge in [-0.2, -0.15) is 0 Å². The van der Waals surface area contributed by atoms with Crippen LogP contribution in [-0.2, 0) is 0 Å². The highest BCUT2D eigenvalue weighted by atomic mass is 16.3. The van der Waals surface area contributed by atoms with Crippen molar-refractivity contribution in [1.29, 1.82) is 0 Å². The van der Waals surface area contributed by atoms with Crippen LogP contribution in [0.3, 0.4) is 0 Å². The van der Waals surface area contributed by atoms with E-state index in [1.54, 1.807) is 5.57 Å². The van der Waals surface area contributed by atoms with Gasteiger partial charge in [-0.05, 0) is 36.3 Å². The van der Waals surface area contributed by atoms with Crippen LogP contribution in [0.4, 0.5) is 0 Å². The fourth-order valence-corrected chi connectivity index (χ4v) is 3.71. The third-order valence-electron chi connectivity index (χ3n) is 4.59. The van der Waals surface area contributed by atoms with Gasteiger partial charge in [0.15, 0.2) is 0 Å². The molecule has 1 saturated carbocycles. The van der Waals surface area contributed by atoms with Crippen molar-refractivity contribution in [2.45, 2.75) is 44.4 Å². The summed E-state index contributed by atoms with van der Waals surface area (Å²) in [5, 5.41) is 9.34. The molecule has 3 rings (SSSR count). The fraction of sp³-hybridized carbons (Fsp3) is 0.529. The second-order valence-corrected chi connectivity index (χ2v) is 5.67. The molecule has 0 aromatic heterocycles. The maximum atomic E-state index is 9.34. The molecule has 1 aromatic rings. The monoisotopic (exact) mass is 242 g/mol. The average Bonchev–Trinajstić information content (AvgIpc) is 2.80. The summed E-state index contributed by atoms with van der Waals surface area (Å²) in [6, 6.07) is 8.70. The molecule has 1 N–H and O–H groups in total. The molecule has 0 bridgehead atoms. The number of rotatable bonds is 3. The van der Waals surface area contributed by atoms with Crippen molar-refractivity contribution in [3.8, 4) is 0 Å². The highest BCUT2D eigenvalue weighted by Crippen LogP contribution is 2.45. The number of allylic oxidation sites excluding steroid dienone is 1. The molecule has 0 amide bonds. The summed E-state index contributed by atoms with van der Waals surface area (Å²) in [5.74, 6) is 1.25. The molecule has 1 heteroatoms. The molecule has 0 radical (unpaired) electrons. The van der Waals surface area contributed by atoms with Crippen molar-refractivity contribution in [3.05, 3.63) is 41.0 Å². The lowest BCUT2D eigenvalue weighted by molar-refractivity contribution is 0.276. The van der Waals surface area contributed by atoms with Crippen molar-refractivity contribution >= 4 is 6.08 Å². The number of benzene rings is 1. The summed E-state index contributed by atoms with van der Waals surface area (Å²) >= 11 is 0. The van der Waals surface area contributed by atoms with Gasteiger partial charge in [0.2, 0.25) is 0 Å². The Morgan fingerprint density at radius 2 is 1.83 bits per heavy atom. The van der Waals surface area contributed by atoms with Gasteiger partial charge in [0.25, 0.3) is 0 Å². The Balaban J connectivity index is 1.89. The Bertz CT molecular complexity index is 441. The molecule has 18 heavy (non-hydrogen) atoms. The van der Waals surface area contributed by atoms with Gasteiger partial charge >= 0.3 is 0 Å². The van der Waals surface area contributed by atoms with Gasteiger partial charge in [0.1, 0.15) is 0 Å². The Hall–Kier alpha value is -1.08. The predicted octanol–water partition coefficient (Wildman–Crippen LogP) is 4.13. The molecule has 1 aromatic carbocycles. The van der Waals surface area contributed by atoms with E-state index in [-0.39, 0.29) is 0 Å². The normalized spacial score (nSPS) is 23.8. The maximum Gasteiger partial charge on any atom is 0.0439 e. The van der Waals surface area contributed by atoms with E-state index in [2.05, 4.69) is 30.3 Å². The van der Waals surface area contributed by atoms with Crippen molar-refractivity contribution in [3.63, 3.8) is 0 Å². The first-order valence-corrected chi connectivity index (χ1v) is 7.31. The summed E-state index contributed by atoms with van der Waals surface area (Å²) in [4.78, 5) is 0. The van der Waals surface area contributed by atoms with E-state index in [0.29, 0.717) is 12.5 Å². The maximum absolute atomic E-state index is 9.34. The Morgan fingerprint density at radius 1 is 1.06 bits per heavy atom. The number of fused-ring (bicyclic) bond motifs is 1. The summed E-state index contributed by atoms with van der Waals surface area (Å²) in [6.45, 7) is 0.295. The summed E-state index contributed by atoms with van der Waals surface area (Å²) < 4.78 is 0. The minimum absolute atomic E-state index is 0.295. The van der Waals surface area contributed by atoms with Crippen LogP contribution in [0.25, 0.3) is 6.08 Å². The number of hydrogen-bond acceptors (Lipinski definition) is 1. The number of hydrogen-bond donors (Lipinski definition) is 1. The molecule has 1 unspecified atom stereocenters. The van der Waals surface area contributed by atoms with Crippen molar-refractivity contribution in [2.75, 3.05) is 6.61 Å². The topological polar surface area (TPSA) is 20.2 Å². The first-order valence-electron chi connectivity index (χ1n) is 7.31. The lowest BCUT2D eigenvalue weighted by Gasteiger charge is -2.27. The van der Waals surface area contributed by atoms with Gasteiger partial charge in [0.05, 0.1) is 0 Å². The minimum Gasteiger partial charge on any atom is -0.396 e. The molecule has 0 heterocycles. The van der Waals surface area contributed by atoms with E-state index in [4.69, 9.17) is 0 Å². The van der Waals surface area contributed by atoms with E-state index < -0.39 is 0 Å². The van der Waals surface area contributed by atoms with Crippen LogP contribution < -0.4 is 0 Å². The highest BCUT2D eigenvalue weighted by molar-refractivity contribution is 5.67. The van der Waals surface area contributed by atoms with Crippen LogP contribution in [0, 0.1) is 5.92 Å². The van der Waals surface area contributed by atoms with Crippen molar-refractivity contribution in [2.24, 2.45) is 5.92 Å². The van der Waals surface area contributed by atoms with Crippen LogP contribution in [0.2, 0.25) is 0 Å². The summed E-state index contributed by atoms with van der Waals surface area (Å²) in [5.41, 5.74) is 4.42. The van der Waals surface area contributed by atoms with Crippen LogP contribution in [-0.4, -0.2) is 11.7 Å². The van der Waals surface area contributed by atoms with Gasteiger partial charge in [-0.25, -0.2) is 0 Å². The molecule has 0 spiro atoms. The summed E-state index contributed by atoms with van der Waals surface area (Å²) in [7, 11) is 0. The molecular formula is C17H22O. The second-order valence-electron chi connectivity index (χ2n) is 5.67.